The first-order valence-electron chi connectivity index (χ1n) is 7.63. The number of aromatic amines is 1. The third-order valence-corrected chi connectivity index (χ3v) is 4.54. The Hall–Kier alpha value is -3.66. The van der Waals surface area contributed by atoms with Crippen LogP contribution >= 0.6 is 11.3 Å². The molecule has 2 aromatic carbocycles. The quantitative estimate of drug-likeness (QED) is 0.276. The minimum atomic E-state index is -0.528. The number of non-ortho nitro benzene ring substituents is 1. The summed E-state index contributed by atoms with van der Waals surface area (Å²) in [5.74, 6) is -0.581. The lowest BCUT2D eigenvalue weighted by Crippen LogP contribution is -1.86. The van der Waals surface area contributed by atoms with E-state index in [2.05, 4.69) is 20.2 Å². The molecule has 2 N–H and O–H groups in total. The number of hydrogen-bond acceptors (Lipinski definition) is 7. The summed E-state index contributed by atoms with van der Waals surface area (Å²) in [6.07, 6.45) is 0. The van der Waals surface area contributed by atoms with E-state index in [4.69, 9.17) is 0 Å². The zero-order chi connectivity index (χ0) is 19.0. The molecule has 134 valence electrons. The SMILES string of the molecule is O=[N+]([O-])c1ccc2[nH]c(O)c(N=Nc3nc(-c4ccc(F)cc4)cs3)c2c1. The average molecular weight is 383 g/mol. The molecule has 0 fully saturated rings. The molecule has 0 spiro atoms. The fourth-order valence-electron chi connectivity index (χ4n) is 2.52. The van der Waals surface area contributed by atoms with Crippen molar-refractivity contribution in [1.29, 1.82) is 0 Å². The van der Waals surface area contributed by atoms with Crippen LogP contribution in [0.3, 0.4) is 0 Å². The number of nitro groups is 1. The van der Waals surface area contributed by atoms with Gasteiger partial charge in [0.1, 0.15) is 5.82 Å². The van der Waals surface area contributed by atoms with E-state index >= 15 is 0 Å². The van der Waals surface area contributed by atoms with E-state index in [1.54, 1.807) is 17.5 Å². The number of azo groups is 1. The highest BCUT2D eigenvalue weighted by atomic mass is 32.1. The summed E-state index contributed by atoms with van der Waals surface area (Å²) in [4.78, 5) is 17.4. The molecule has 0 amide bonds. The van der Waals surface area contributed by atoms with Gasteiger partial charge in [0.2, 0.25) is 11.0 Å². The van der Waals surface area contributed by atoms with Crippen LogP contribution in [0.25, 0.3) is 22.2 Å². The first-order chi connectivity index (χ1) is 13.0. The van der Waals surface area contributed by atoms with Gasteiger partial charge in [0, 0.05) is 28.5 Å². The smallest absolute Gasteiger partial charge is 0.270 e. The molecule has 27 heavy (non-hydrogen) atoms. The molecule has 0 aliphatic rings. The number of H-pyrrole nitrogens is 1. The molecule has 4 rings (SSSR count). The van der Waals surface area contributed by atoms with Gasteiger partial charge in [0.05, 0.1) is 16.1 Å². The minimum Gasteiger partial charge on any atom is -0.493 e. The molecule has 4 aromatic rings. The van der Waals surface area contributed by atoms with Crippen molar-refractivity contribution in [1.82, 2.24) is 9.97 Å². The lowest BCUT2D eigenvalue weighted by molar-refractivity contribution is -0.384. The number of nitrogens with one attached hydrogen (secondary N) is 1. The van der Waals surface area contributed by atoms with E-state index in [0.29, 0.717) is 21.7 Å². The molecule has 8 nitrogen and oxygen atoms in total. The predicted octanol–water partition coefficient (Wildman–Crippen LogP) is 5.46. The Kier molecular flexibility index (Phi) is 4.09. The maximum atomic E-state index is 13.0. The second-order valence-electron chi connectivity index (χ2n) is 5.53. The van der Waals surface area contributed by atoms with E-state index in [0.717, 1.165) is 5.56 Å². The van der Waals surface area contributed by atoms with E-state index in [1.165, 1.54) is 41.7 Å². The van der Waals surface area contributed by atoms with Gasteiger partial charge < -0.3 is 10.1 Å². The van der Waals surface area contributed by atoms with Crippen molar-refractivity contribution in [3.8, 4) is 17.1 Å². The zero-order valence-corrected chi connectivity index (χ0v) is 14.3. The highest BCUT2D eigenvalue weighted by molar-refractivity contribution is 7.13. The Labute approximate surface area is 154 Å². The van der Waals surface area contributed by atoms with Gasteiger partial charge in [0.25, 0.3) is 5.69 Å². The van der Waals surface area contributed by atoms with Crippen molar-refractivity contribution < 1.29 is 14.4 Å². The number of nitro benzene ring substituents is 1. The van der Waals surface area contributed by atoms with Crippen molar-refractivity contribution in [2.45, 2.75) is 0 Å². The third kappa shape index (κ3) is 3.25. The molecule has 0 saturated carbocycles. The standard InChI is InChI=1S/C17H10FN5O3S/c18-10-3-1-9(2-4-10)14-8-27-17(20-14)22-21-15-12-7-11(23(25)26)5-6-13(12)19-16(15)24/h1-8,19,24H. The minimum absolute atomic E-state index is 0.0900. The largest absolute Gasteiger partial charge is 0.493 e. The van der Waals surface area contributed by atoms with E-state index < -0.39 is 4.92 Å². The topological polar surface area (TPSA) is 117 Å². The van der Waals surface area contributed by atoms with Crippen molar-refractivity contribution >= 4 is 38.7 Å². The molecule has 0 unspecified atom stereocenters. The van der Waals surface area contributed by atoms with Gasteiger partial charge >= 0.3 is 0 Å². The summed E-state index contributed by atoms with van der Waals surface area (Å²) in [7, 11) is 0. The molecule has 0 saturated heterocycles. The Balaban J connectivity index is 1.67. The number of rotatable bonds is 4. The van der Waals surface area contributed by atoms with Crippen LogP contribution in [0.2, 0.25) is 0 Å². The predicted molar refractivity (Wildman–Crippen MR) is 98.3 cm³/mol. The zero-order valence-electron chi connectivity index (χ0n) is 13.5. The maximum absolute atomic E-state index is 13.0. The lowest BCUT2D eigenvalue weighted by atomic mass is 10.2. The van der Waals surface area contributed by atoms with Gasteiger partial charge in [-0.2, -0.15) is 0 Å². The van der Waals surface area contributed by atoms with Crippen molar-refractivity contribution in [2.75, 3.05) is 0 Å². The van der Waals surface area contributed by atoms with Crippen molar-refractivity contribution in [2.24, 2.45) is 10.2 Å². The number of fused-ring (bicyclic) bond motifs is 1. The van der Waals surface area contributed by atoms with Gasteiger partial charge in [-0.25, -0.2) is 9.37 Å². The molecule has 0 aliphatic heterocycles. The van der Waals surface area contributed by atoms with Crippen LogP contribution in [-0.4, -0.2) is 20.0 Å². The van der Waals surface area contributed by atoms with Crippen LogP contribution in [0.1, 0.15) is 0 Å². The Bertz CT molecular complexity index is 1180. The highest BCUT2D eigenvalue weighted by Crippen LogP contribution is 2.38. The van der Waals surface area contributed by atoms with Gasteiger partial charge in [-0.3, -0.25) is 10.1 Å². The highest BCUT2D eigenvalue weighted by Gasteiger charge is 2.15. The summed E-state index contributed by atoms with van der Waals surface area (Å²) in [6.45, 7) is 0. The number of hydrogen-bond donors (Lipinski definition) is 2. The molecular weight excluding hydrogens is 373 g/mol. The maximum Gasteiger partial charge on any atom is 0.270 e. The normalized spacial score (nSPS) is 11.4. The number of aromatic hydroxyl groups is 1. The number of aromatic nitrogens is 2. The van der Waals surface area contributed by atoms with Gasteiger partial charge in [-0.15, -0.1) is 21.6 Å². The molecule has 10 heteroatoms. The third-order valence-electron chi connectivity index (χ3n) is 3.81. The first-order valence-corrected chi connectivity index (χ1v) is 8.51. The first kappa shape index (κ1) is 16.8. The lowest BCUT2D eigenvalue weighted by Gasteiger charge is -1.94. The number of benzene rings is 2. The second kappa shape index (κ2) is 6.57. The monoisotopic (exact) mass is 383 g/mol. The fourth-order valence-corrected chi connectivity index (χ4v) is 3.17. The van der Waals surface area contributed by atoms with Crippen LogP contribution in [0.5, 0.6) is 5.88 Å². The Morgan fingerprint density at radius 1 is 1.19 bits per heavy atom. The number of halogens is 1. The average Bonchev–Trinajstić information content (AvgIpc) is 3.24. The van der Waals surface area contributed by atoms with Crippen molar-refractivity contribution in [3.05, 3.63) is 63.8 Å². The van der Waals surface area contributed by atoms with Crippen LogP contribution in [0.4, 0.5) is 20.9 Å². The molecule has 0 bridgehead atoms. The number of thiazole rings is 1. The van der Waals surface area contributed by atoms with Crippen LogP contribution in [0.15, 0.2) is 58.1 Å². The van der Waals surface area contributed by atoms with Crippen molar-refractivity contribution in [3.63, 3.8) is 0 Å². The molecular formula is C17H10FN5O3S. The van der Waals surface area contributed by atoms with E-state index in [9.17, 15) is 19.6 Å². The van der Waals surface area contributed by atoms with Gasteiger partial charge in [0.15, 0.2) is 5.69 Å². The molecule has 2 heterocycles. The molecule has 0 aliphatic carbocycles. The molecule has 0 atom stereocenters. The Morgan fingerprint density at radius 3 is 2.70 bits per heavy atom. The Morgan fingerprint density at radius 2 is 1.96 bits per heavy atom. The fraction of sp³-hybridized carbons (Fsp3) is 0. The summed E-state index contributed by atoms with van der Waals surface area (Å²) in [5.41, 5.74) is 1.82. The molecule has 0 radical (unpaired) electrons. The second-order valence-corrected chi connectivity index (χ2v) is 6.37. The summed E-state index contributed by atoms with van der Waals surface area (Å²) < 4.78 is 13.0. The summed E-state index contributed by atoms with van der Waals surface area (Å²) in [6, 6.07) is 10.0. The van der Waals surface area contributed by atoms with Gasteiger partial charge in [-0.1, -0.05) is 0 Å². The number of nitrogens with zero attached hydrogens (tertiary/aromatic N) is 4. The van der Waals surface area contributed by atoms with Crippen LogP contribution in [-0.2, 0) is 0 Å². The van der Waals surface area contributed by atoms with E-state index in [-0.39, 0.29) is 23.1 Å². The van der Waals surface area contributed by atoms with Gasteiger partial charge in [-0.05, 0) is 30.3 Å². The van der Waals surface area contributed by atoms with E-state index in [1.807, 2.05) is 0 Å². The summed E-state index contributed by atoms with van der Waals surface area (Å²) in [5, 5.41) is 31.4. The molecule has 2 aromatic heterocycles. The summed E-state index contributed by atoms with van der Waals surface area (Å²) >= 11 is 1.22. The van der Waals surface area contributed by atoms with Crippen LogP contribution < -0.4 is 0 Å². The van der Waals surface area contributed by atoms with Crippen LogP contribution in [0, 0.1) is 15.9 Å².